The van der Waals surface area contributed by atoms with Crippen molar-refractivity contribution >= 4 is 30.1 Å². The molecule has 0 aliphatic rings. The van der Waals surface area contributed by atoms with Gasteiger partial charge in [-0.15, -0.1) is 0 Å². The molecule has 0 fully saturated rings. The molecular formula is C24H26F5N3O6. The van der Waals surface area contributed by atoms with E-state index >= 15 is 0 Å². The zero-order chi connectivity index (χ0) is 29.0. The topological polar surface area (TPSA) is 104 Å². The standard InChI is InChI=1S/C24H26F5N3O6/c1-4-6-15(34)30(3)10-11-31(12-13-32(14-33)16(35)7-5-2)17(36)8-9-18(37)38-24-22(28)20(26)19(25)21(27)23(24)29/h4-7,14H,8-13H2,1-3H3/b6-4-,7-5-. The van der Waals surface area contributed by atoms with Crippen molar-refractivity contribution in [2.75, 3.05) is 33.2 Å². The summed E-state index contributed by atoms with van der Waals surface area (Å²) in [5, 5.41) is 0. The summed E-state index contributed by atoms with van der Waals surface area (Å²) in [7, 11) is 1.46. The predicted octanol–water partition coefficient (Wildman–Crippen LogP) is 2.49. The summed E-state index contributed by atoms with van der Waals surface area (Å²) < 4.78 is 71.5. The summed E-state index contributed by atoms with van der Waals surface area (Å²) in [6, 6.07) is 0. The number of carbonyl (C=O) groups is 5. The minimum Gasteiger partial charge on any atom is -0.420 e. The molecule has 208 valence electrons. The van der Waals surface area contributed by atoms with Gasteiger partial charge in [-0.25, -0.2) is 13.2 Å². The average molecular weight is 547 g/mol. The molecule has 14 heteroatoms. The second-order valence-corrected chi connectivity index (χ2v) is 7.65. The number of carbonyl (C=O) groups excluding carboxylic acids is 5. The van der Waals surface area contributed by atoms with Crippen LogP contribution in [0.3, 0.4) is 0 Å². The molecule has 0 radical (unpaired) electrons. The molecule has 0 N–H and O–H groups in total. The zero-order valence-electron chi connectivity index (χ0n) is 20.8. The minimum atomic E-state index is -2.43. The molecule has 9 nitrogen and oxygen atoms in total. The van der Waals surface area contributed by atoms with Crippen LogP contribution in [-0.2, 0) is 24.0 Å². The number of likely N-dealkylation sites (N-methyl/N-ethyl adjacent to an activating group) is 1. The molecule has 0 aliphatic carbocycles. The van der Waals surface area contributed by atoms with E-state index in [1.165, 1.54) is 30.2 Å². The van der Waals surface area contributed by atoms with Crippen LogP contribution < -0.4 is 4.74 Å². The van der Waals surface area contributed by atoms with Gasteiger partial charge in [-0.3, -0.25) is 28.9 Å². The number of imide groups is 1. The fraction of sp³-hybridized carbons (Fsp3) is 0.375. The Morgan fingerprint density at radius 1 is 0.737 bits per heavy atom. The summed E-state index contributed by atoms with van der Waals surface area (Å²) in [6.07, 6.45) is 4.15. The maximum Gasteiger partial charge on any atom is 0.311 e. The van der Waals surface area contributed by atoms with Gasteiger partial charge in [0, 0.05) is 39.6 Å². The summed E-state index contributed by atoms with van der Waals surface area (Å²) in [5.41, 5.74) is 0. The Labute approximate surface area is 215 Å². The number of ether oxygens (including phenoxy) is 1. The number of esters is 1. The van der Waals surface area contributed by atoms with E-state index in [1.54, 1.807) is 13.8 Å². The van der Waals surface area contributed by atoms with Crippen molar-refractivity contribution < 1.29 is 50.7 Å². The number of hydrogen-bond acceptors (Lipinski definition) is 6. The fourth-order valence-corrected chi connectivity index (χ4v) is 2.90. The lowest BCUT2D eigenvalue weighted by Gasteiger charge is -2.27. The van der Waals surface area contributed by atoms with Gasteiger partial charge in [0.1, 0.15) is 0 Å². The first kappa shape index (κ1) is 31.9. The van der Waals surface area contributed by atoms with Gasteiger partial charge >= 0.3 is 5.97 Å². The smallest absolute Gasteiger partial charge is 0.311 e. The van der Waals surface area contributed by atoms with Gasteiger partial charge in [0.25, 0.3) is 5.91 Å². The summed E-state index contributed by atoms with van der Waals surface area (Å²) in [4.78, 5) is 63.1. The highest BCUT2D eigenvalue weighted by Gasteiger charge is 2.29. The molecule has 0 atom stereocenters. The van der Waals surface area contributed by atoms with Crippen LogP contribution in [0.15, 0.2) is 24.3 Å². The van der Waals surface area contributed by atoms with Gasteiger partial charge in [0.05, 0.1) is 6.42 Å². The van der Waals surface area contributed by atoms with Crippen molar-refractivity contribution in [2.24, 2.45) is 0 Å². The molecule has 0 spiro atoms. The van der Waals surface area contributed by atoms with E-state index in [-0.39, 0.29) is 38.5 Å². The fourth-order valence-electron chi connectivity index (χ4n) is 2.90. The first-order valence-corrected chi connectivity index (χ1v) is 11.2. The SMILES string of the molecule is C/C=C\C(=O)N(C)CCN(CCN(C=O)C(=O)/C=C\C)C(=O)CCC(=O)Oc1c(F)c(F)c(F)c(F)c1F. The lowest BCUT2D eigenvalue weighted by Crippen LogP contribution is -2.43. The molecule has 1 aromatic carbocycles. The van der Waals surface area contributed by atoms with Crippen LogP contribution in [0.5, 0.6) is 5.75 Å². The van der Waals surface area contributed by atoms with Crippen molar-refractivity contribution in [3.05, 3.63) is 53.4 Å². The van der Waals surface area contributed by atoms with E-state index in [4.69, 9.17) is 0 Å². The molecule has 1 aromatic rings. The number of nitrogens with zero attached hydrogens (tertiary/aromatic N) is 3. The molecule has 0 aromatic heterocycles. The Morgan fingerprint density at radius 2 is 1.24 bits per heavy atom. The number of rotatable bonds is 13. The first-order valence-electron chi connectivity index (χ1n) is 11.2. The normalized spacial score (nSPS) is 11.1. The first-order chi connectivity index (χ1) is 17.9. The van der Waals surface area contributed by atoms with Gasteiger partial charge in [-0.1, -0.05) is 12.2 Å². The predicted molar refractivity (Wildman–Crippen MR) is 123 cm³/mol. The zero-order valence-corrected chi connectivity index (χ0v) is 20.8. The van der Waals surface area contributed by atoms with E-state index in [1.807, 2.05) is 0 Å². The molecule has 0 unspecified atom stereocenters. The number of benzene rings is 1. The van der Waals surface area contributed by atoms with E-state index in [9.17, 15) is 45.9 Å². The average Bonchev–Trinajstić information content (AvgIpc) is 2.89. The molecule has 0 heterocycles. The van der Waals surface area contributed by atoms with Crippen molar-refractivity contribution in [2.45, 2.75) is 26.7 Å². The van der Waals surface area contributed by atoms with Gasteiger partial charge in [-0.05, 0) is 26.0 Å². The molecule has 0 bridgehead atoms. The van der Waals surface area contributed by atoms with E-state index in [0.717, 1.165) is 15.9 Å². The lowest BCUT2D eigenvalue weighted by atomic mass is 10.2. The maximum absolute atomic E-state index is 13.7. The van der Waals surface area contributed by atoms with Crippen molar-refractivity contribution in [1.29, 1.82) is 0 Å². The van der Waals surface area contributed by atoms with Crippen LogP contribution in [-0.4, -0.2) is 78.0 Å². The number of hydrogen-bond donors (Lipinski definition) is 0. The second kappa shape index (κ2) is 15.2. The van der Waals surface area contributed by atoms with Crippen LogP contribution in [0.1, 0.15) is 26.7 Å². The Kier molecular flexibility index (Phi) is 12.8. The molecule has 1 rings (SSSR count). The van der Waals surface area contributed by atoms with Gasteiger partial charge in [-0.2, -0.15) is 8.78 Å². The van der Waals surface area contributed by atoms with Crippen molar-refractivity contribution in [1.82, 2.24) is 14.7 Å². The van der Waals surface area contributed by atoms with Gasteiger partial charge in [0.2, 0.25) is 53.1 Å². The Balaban J connectivity index is 2.95. The van der Waals surface area contributed by atoms with Gasteiger partial charge < -0.3 is 14.5 Å². The largest absolute Gasteiger partial charge is 0.420 e. The molecule has 4 amide bonds. The molecular weight excluding hydrogens is 521 g/mol. The molecule has 0 saturated carbocycles. The van der Waals surface area contributed by atoms with Crippen LogP contribution in [0.4, 0.5) is 22.0 Å². The number of halogens is 5. The van der Waals surface area contributed by atoms with Crippen LogP contribution >= 0.6 is 0 Å². The van der Waals surface area contributed by atoms with Gasteiger partial charge in [0.15, 0.2) is 0 Å². The van der Waals surface area contributed by atoms with Crippen molar-refractivity contribution in [3.63, 3.8) is 0 Å². The highest BCUT2D eigenvalue weighted by Crippen LogP contribution is 2.29. The molecule has 0 aliphatic heterocycles. The number of allylic oxidation sites excluding steroid dienone is 2. The van der Waals surface area contributed by atoms with Crippen LogP contribution in [0, 0.1) is 29.1 Å². The van der Waals surface area contributed by atoms with Crippen LogP contribution in [0.25, 0.3) is 0 Å². The maximum atomic E-state index is 13.7. The Hall–Kier alpha value is -4.10. The second-order valence-electron chi connectivity index (χ2n) is 7.65. The van der Waals surface area contributed by atoms with E-state index in [0.29, 0.717) is 0 Å². The third-order valence-corrected chi connectivity index (χ3v) is 5.00. The third kappa shape index (κ3) is 8.78. The van der Waals surface area contributed by atoms with E-state index < -0.39 is 65.5 Å². The summed E-state index contributed by atoms with van der Waals surface area (Å²) in [5.74, 6) is -16.8. The lowest BCUT2D eigenvalue weighted by molar-refractivity contribution is -0.140. The summed E-state index contributed by atoms with van der Waals surface area (Å²) in [6.45, 7) is 2.69. The number of amides is 4. The molecule has 38 heavy (non-hydrogen) atoms. The Morgan fingerprint density at radius 3 is 1.76 bits per heavy atom. The molecule has 0 saturated heterocycles. The highest BCUT2D eigenvalue weighted by molar-refractivity contribution is 5.94. The highest BCUT2D eigenvalue weighted by atomic mass is 19.2. The van der Waals surface area contributed by atoms with E-state index in [2.05, 4.69) is 4.74 Å². The summed E-state index contributed by atoms with van der Waals surface area (Å²) >= 11 is 0. The Bertz CT molecular complexity index is 1100. The quantitative estimate of drug-likeness (QED) is 0.0715. The van der Waals surface area contributed by atoms with Crippen LogP contribution in [0.2, 0.25) is 0 Å². The minimum absolute atomic E-state index is 0.0216. The monoisotopic (exact) mass is 547 g/mol. The third-order valence-electron chi connectivity index (χ3n) is 5.00. The van der Waals surface area contributed by atoms with Crippen molar-refractivity contribution in [3.8, 4) is 5.75 Å².